The quantitative estimate of drug-likeness (QED) is 0.907. The highest BCUT2D eigenvalue weighted by atomic mass is 16.2. The number of fused-ring (bicyclic) bond motifs is 1. The molecular weight excluding hydrogens is 266 g/mol. The summed E-state index contributed by atoms with van der Waals surface area (Å²) in [6, 6.07) is 5.63. The lowest BCUT2D eigenvalue weighted by Gasteiger charge is -2.09. The number of rotatable bonds is 3. The molecule has 110 valence electrons. The Bertz CT molecular complexity index is 677. The predicted molar refractivity (Wildman–Crippen MR) is 80.1 cm³/mol. The van der Waals surface area contributed by atoms with Crippen LogP contribution in [0.1, 0.15) is 29.2 Å². The summed E-state index contributed by atoms with van der Waals surface area (Å²) in [4.78, 5) is 11.9. The highest BCUT2D eigenvalue weighted by Gasteiger charge is 2.17. The lowest BCUT2D eigenvalue weighted by atomic mass is 10.1. The lowest BCUT2D eigenvalue weighted by Crippen LogP contribution is -2.29. The summed E-state index contributed by atoms with van der Waals surface area (Å²) in [7, 11) is 0. The molecule has 0 atom stereocenters. The van der Waals surface area contributed by atoms with Crippen LogP contribution in [0.3, 0.4) is 0 Å². The van der Waals surface area contributed by atoms with Crippen molar-refractivity contribution in [3.05, 3.63) is 41.0 Å². The molecule has 0 aliphatic carbocycles. The van der Waals surface area contributed by atoms with Crippen LogP contribution in [0.4, 0.5) is 10.5 Å². The fraction of sp³-hybridized carbons (Fsp3) is 0.400. The standard InChI is InChI=1S/C15H19N5O/c1-10-5-6-12(8-11(10)2)17-15(21)16-9-14-19-18-13-4-3-7-20(13)14/h5-6,8H,3-4,7,9H2,1-2H3,(H2,16,17,21). The summed E-state index contributed by atoms with van der Waals surface area (Å²) < 4.78 is 2.08. The van der Waals surface area contributed by atoms with Crippen LogP contribution in [0.25, 0.3) is 0 Å². The smallest absolute Gasteiger partial charge is 0.319 e. The van der Waals surface area contributed by atoms with Gasteiger partial charge in [-0.15, -0.1) is 10.2 Å². The first-order valence-corrected chi connectivity index (χ1v) is 7.16. The summed E-state index contributed by atoms with van der Waals surface area (Å²) in [5.74, 6) is 1.83. The number of urea groups is 1. The molecule has 2 heterocycles. The van der Waals surface area contributed by atoms with E-state index >= 15 is 0 Å². The average molecular weight is 285 g/mol. The molecule has 3 rings (SSSR count). The van der Waals surface area contributed by atoms with Crippen LogP contribution < -0.4 is 10.6 Å². The van der Waals surface area contributed by atoms with Crippen LogP contribution in [-0.2, 0) is 19.5 Å². The summed E-state index contributed by atoms with van der Waals surface area (Å²) >= 11 is 0. The lowest BCUT2D eigenvalue weighted by molar-refractivity contribution is 0.251. The van der Waals surface area contributed by atoms with Gasteiger partial charge in [0, 0.05) is 18.7 Å². The molecule has 6 nitrogen and oxygen atoms in total. The van der Waals surface area contributed by atoms with Crippen molar-refractivity contribution < 1.29 is 4.79 Å². The zero-order chi connectivity index (χ0) is 14.8. The van der Waals surface area contributed by atoms with Gasteiger partial charge in [-0.05, 0) is 43.5 Å². The first kappa shape index (κ1) is 13.6. The normalized spacial score (nSPS) is 13.0. The fourth-order valence-corrected chi connectivity index (χ4v) is 2.50. The molecule has 1 aromatic heterocycles. The molecule has 0 saturated heterocycles. The Labute approximate surface area is 123 Å². The Balaban J connectivity index is 1.58. The molecular formula is C15H19N5O. The van der Waals surface area contributed by atoms with Gasteiger partial charge in [0.25, 0.3) is 0 Å². The topological polar surface area (TPSA) is 71.8 Å². The number of aromatic nitrogens is 3. The van der Waals surface area contributed by atoms with Crippen LogP contribution in [0.15, 0.2) is 18.2 Å². The van der Waals surface area contributed by atoms with Gasteiger partial charge in [-0.3, -0.25) is 0 Å². The second kappa shape index (κ2) is 5.55. The van der Waals surface area contributed by atoms with Gasteiger partial charge in [-0.1, -0.05) is 6.07 Å². The molecule has 0 bridgehead atoms. The van der Waals surface area contributed by atoms with Crippen molar-refractivity contribution in [1.29, 1.82) is 0 Å². The number of benzene rings is 1. The minimum absolute atomic E-state index is 0.228. The van der Waals surface area contributed by atoms with Gasteiger partial charge < -0.3 is 15.2 Å². The maximum atomic E-state index is 11.9. The predicted octanol–water partition coefficient (Wildman–Crippen LogP) is 2.16. The molecule has 1 aliphatic heterocycles. The summed E-state index contributed by atoms with van der Waals surface area (Å²) in [6.45, 7) is 5.41. The van der Waals surface area contributed by atoms with Crippen molar-refractivity contribution in [1.82, 2.24) is 20.1 Å². The minimum Gasteiger partial charge on any atom is -0.331 e. The second-order valence-electron chi connectivity index (χ2n) is 5.39. The molecule has 21 heavy (non-hydrogen) atoms. The van der Waals surface area contributed by atoms with Crippen LogP contribution in [0, 0.1) is 13.8 Å². The number of hydrogen-bond donors (Lipinski definition) is 2. The van der Waals surface area contributed by atoms with E-state index in [0.717, 1.165) is 42.3 Å². The van der Waals surface area contributed by atoms with Gasteiger partial charge in [-0.2, -0.15) is 0 Å². The number of hydrogen-bond acceptors (Lipinski definition) is 3. The molecule has 1 aliphatic rings. The summed E-state index contributed by atoms with van der Waals surface area (Å²) in [6.07, 6.45) is 2.08. The van der Waals surface area contributed by atoms with Gasteiger partial charge in [0.2, 0.25) is 0 Å². The van der Waals surface area contributed by atoms with Crippen molar-refractivity contribution >= 4 is 11.7 Å². The Morgan fingerprint density at radius 2 is 2.14 bits per heavy atom. The fourth-order valence-electron chi connectivity index (χ4n) is 2.50. The van der Waals surface area contributed by atoms with Gasteiger partial charge in [-0.25, -0.2) is 4.79 Å². The molecule has 1 aromatic carbocycles. The molecule has 0 unspecified atom stereocenters. The van der Waals surface area contributed by atoms with E-state index in [1.165, 1.54) is 5.56 Å². The molecule has 0 fully saturated rings. The second-order valence-corrected chi connectivity index (χ2v) is 5.39. The number of amides is 2. The largest absolute Gasteiger partial charge is 0.331 e. The number of carbonyl (C=O) groups excluding carboxylic acids is 1. The van der Waals surface area contributed by atoms with Crippen LogP contribution >= 0.6 is 0 Å². The van der Waals surface area contributed by atoms with Gasteiger partial charge in [0.1, 0.15) is 5.82 Å². The van der Waals surface area contributed by atoms with E-state index < -0.39 is 0 Å². The molecule has 0 saturated carbocycles. The monoisotopic (exact) mass is 285 g/mol. The van der Waals surface area contributed by atoms with Crippen molar-refractivity contribution in [3.63, 3.8) is 0 Å². The highest BCUT2D eigenvalue weighted by Crippen LogP contribution is 2.15. The van der Waals surface area contributed by atoms with E-state index in [9.17, 15) is 4.79 Å². The Morgan fingerprint density at radius 1 is 1.29 bits per heavy atom. The highest BCUT2D eigenvalue weighted by molar-refractivity contribution is 5.89. The Morgan fingerprint density at radius 3 is 2.95 bits per heavy atom. The summed E-state index contributed by atoms with van der Waals surface area (Å²) in [5, 5.41) is 13.9. The van der Waals surface area contributed by atoms with Crippen LogP contribution in [0.2, 0.25) is 0 Å². The molecule has 2 amide bonds. The van der Waals surface area contributed by atoms with Crippen molar-refractivity contribution in [2.75, 3.05) is 5.32 Å². The average Bonchev–Trinajstić information content (AvgIpc) is 3.04. The van der Waals surface area contributed by atoms with E-state index in [0.29, 0.717) is 6.54 Å². The van der Waals surface area contributed by atoms with Gasteiger partial charge in [0.15, 0.2) is 5.82 Å². The van der Waals surface area contributed by atoms with Crippen molar-refractivity contribution in [3.8, 4) is 0 Å². The van der Waals surface area contributed by atoms with E-state index in [1.54, 1.807) is 0 Å². The third kappa shape index (κ3) is 2.89. The van der Waals surface area contributed by atoms with E-state index in [4.69, 9.17) is 0 Å². The molecule has 0 radical (unpaired) electrons. The number of nitrogens with zero attached hydrogens (tertiary/aromatic N) is 3. The molecule has 6 heteroatoms. The maximum Gasteiger partial charge on any atom is 0.319 e. The zero-order valence-electron chi connectivity index (χ0n) is 12.3. The third-order valence-electron chi connectivity index (χ3n) is 3.86. The third-order valence-corrected chi connectivity index (χ3v) is 3.86. The van der Waals surface area contributed by atoms with Gasteiger partial charge in [0.05, 0.1) is 6.54 Å². The van der Waals surface area contributed by atoms with E-state index in [2.05, 4.69) is 25.4 Å². The first-order valence-electron chi connectivity index (χ1n) is 7.16. The maximum absolute atomic E-state index is 11.9. The number of nitrogens with one attached hydrogen (secondary N) is 2. The number of anilines is 1. The SMILES string of the molecule is Cc1ccc(NC(=O)NCc2nnc3n2CCC3)cc1C. The van der Waals surface area contributed by atoms with Crippen LogP contribution in [-0.4, -0.2) is 20.8 Å². The number of carbonyl (C=O) groups is 1. The Kier molecular flexibility index (Phi) is 3.60. The molecule has 0 spiro atoms. The molecule has 2 N–H and O–H groups in total. The summed E-state index contributed by atoms with van der Waals surface area (Å²) in [5.41, 5.74) is 3.16. The molecule has 2 aromatic rings. The minimum atomic E-state index is -0.228. The van der Waals surface area contributed by atoms with Crippen molar-refractivity contribution in [2.45, 2.75) is 39.8 Å². The van der Waals surface area contributed by atoms with E-state index in [-0.39, 0.29) is 6.03 Å². The Hall–Kier alpha value is -2.37. The first-order chi connectivity index (χ1) is 10.1. The van der Waals surface area contributed by atoms with E-state index in [1.807, 2.05) is 32.0 Å². The van der Waals surface area contributed by atoms with Crippen LogP contribution in [0.5, 0.6) is 0 Å². The zero-order valence-corrected chi connectivity index (χ0v) is 12.3. The van der Waals surface area contributed by atoms with Gasteiger partial charge >= 0.3 is 6.03 Å². The van der Waals surface area contributed by atoms with Crippen molar-refractivity contribution in [2.24, 2.45) is 0 Å². The number of aryl methyl sites for hydroxylation is 3.